The lowest BCUT2D eigenvalue weighted by atomic mass is 10.3. The highest BCUT2D eigenvalue weighted by Crippen LogP contribution is 1.89. The zero-order chi connectivity index (χ0) is 11.7. The van der Waals surface area contributed by atoms with Gasteiger partial charge in [-0.05, 0) is 6.92 Å². The van der Waals surface area contributed by atoms with E-state index in [-0.39, 0.29) is 5.57 Å². The van der Waals surface area contributed by atoms with E-state index < -0.39 is 17.9 Å². The number of aliphatic carboxylic acids is 3. The van der Waals surface area contributed by atoms with Crippen molar-refractivity contribution in [1.29, 1.82) is 0 Å². The van der Waals surface area contributed by atoms with Gasteiger partial charge in [0.2, 0.25) is 0 Å². The van der Waals surface area contributed by atoms with Crippen LogP contribution in [0.4, 0.5) is 0 Å². The summed E-state index contributed by atoms with van der Waals surface area (Å²) in [5, 5.41) is 23.7. The fourth-order valence-electron chi connectivity index (χ4n) is 0.247. The molecule has 0 aromatic heterocycles. The lowest BCUT2D eigenvalue weighted by molar-refractivity contribution is -0.135. The number of carboxylic acids is 3. The monoisotopic (exact) mass is 202 g/mol. The summed E-state index contributed by atoms with van der Waals surface area (Å²) in [6.45, 7) is 4.18. The summed E-state index contributed by atoms with van der Waals surface area (Å²) in [4.78, 5) is 28.9. The number of hydrogen-bond acceptors (Lipinski definition) is 3. The van der Waals surface area contributed by atoms with E-state index in [0.717, 1.165) is 6.08 Å². The van der Waals surface area contributed by atoms with E-state index >= 15 is 0 Å². The maximum absolute atomic E-state index is 9.90. The zero-order valence-electron chi connectivity index (χ0n) is 7.43. The van der Waals surface area contributed by atoms with Crippen LogP contribution in [-0.4, -0.2) is 33.2 Å². The lowest BCUT2D eigenvalue weighted by Crippen LogP contribution is -1.99. The first-order valence-electron chi connectivity index (χ1n) is 3.31. The van der Waals surface area contributed by atoms with Gasteiger partial charge >= 0.3 is 17.9 Å². The largest absolute Gasteiger partial charge is 0.478 e. The second-order valence-corrected chi connectivity index (χ2v) is 2.01. The summed E-state index contributed by atoms with van der Waals surface area (Å²) in [7, 11) is 0. The molecule has 0 aliphatic heterocycles. The second-order valence-electron chi connectivity index (χ2n) is 2.01. The minimum atomic E-state index is -1.24. The van der Waals surface area contributed by atoms with Crippen LogP contribution in [0, 0.1) is 0 Å². The van der Waals surface area contributed by atoms with Crippen molar-refractivity contribution >= 4 is 17.9 Å². The van der Waals surface area contributed by atoms with Crippen molar-refractivity contribution in [1.82, 2.24) is 0 Å². The highest BCUT2D eigenvalue weighted by molar-refractivity contribution is 5.93. The molecule has 6 heteroatoms. The first-order valence-corrected chi connectivity index (χ1v) is 3.31. The van der Waals surface area contributed by atoms with Crippen LogP contribution >= 0.6 is 0 Å². The Balaban J connectivity index is 0. The Morgan fingerprint density at radius 2 is 1.43 bits per heavy atom. The molecule has 0 aliphatic carbocycles. The van der Waals surface area contributed by atoms with E-state index in [4.69, 9.17) is 15.3 Å². The number of rotatable bonds is 3. The molecule has 0 radical (unpaired) electrons. The van der Waals surface area contributed by atoms with Crippen molar-refractivity contribution in [2.75, 3.05) is 0 Å². The quantitative estimate of drug-likeness (QED) is 0.569. The van der Waals surface area contributed by atoms with Crippen molar-refractivity contribution < 1.29 is 29.7 Å². The normalized spacial score (nSPS) is 9.36. The Bertz CT molecular complexity index is 276. The molecule has 0 rings (SSSR count). The molecular weight excluding hydrogens is 192 g/mol. The average molecular weight is 202 g/mol. The van der Waals surface area contributed by atoms with Crippen LogP contribution < -0.4 is 0 Å². The Hall–Kier alpha value is -2.11. The Kier molecular flexibility index (Phi) is 7.76. The van der Waals surface area contributed by atoms with Crippen LogP contribution in [-0.2, 0) is 14.4 Å². The molecule has 0 unspecified atom stereocenters. The topological polar surface area (TPSA) is 112 Å². The molecule has 0 aromatic carbocycles. The van der Waals surface area contributed by atoms with Gasteiger partial charge in [-0.2, -0.15) is 0 Å². The van der Waals surface area contributed by atoms with E-state index in [1.807, 2.05) is 0 Å². The molecule has 0 spiro atoms. The van der Waals surface area contributed by atoms with Gasteiger partial charge in [-0.25, -0.2) is 14.4 Å². The van der Waals surface area contributed by atoms with Gasteiger partial charge in [0, 0.05) is 17.7 Å². The fraction of sp³-hybridized carbons (Fsp3) is 0.125. The van der Waals surface area contributed by atoms with Gasteiger partial charge in [-0.3, -0.25) is 0 Å². The third kappa shape index (κ3) is 12.6. The molecule has 0 saturated carbocycles. The highest BCUT2D eigenvalue weighted by Gasteiger charge is 2.00. The van der Waals surface area contributed by atoms with Crippen molar-refractivity contribution in [2.24, 2.45) is 0 Å². The first-order chi connectivity index (χ1) is 6.31. The van der Waals surface area contributed by atoms with Gasteiger partial charge in [-0.1, -0.05) is 6.58 Å². The molecule has 0 aromatic rings. The van der Waals surface area contributed by atoms with Gasteiger partial charge in [0.15, 0.2) is 0 Å². The average Bonchev–Trinajstić information content (AvgIpc) is 2.04. The minimum absolute atomic E-state index is 0.178. The van der Waals surface area contributed by atoms with Crippen molar-refractivity contribution in [3.8, 4) is 0 Å². The van der Waals surface area contributed by atoms with Crippen molar-refractivity contribution in [3.63, 3.8) is 0 Å². The van der Waals surface area contributed by atoms with Gasteiger partial charge in [0.25, 0.3) is 0 Å². The maximum Gasteiger partial charge on any atom is 0.331 e. The summed E-state index contributed by atoms with van der Waals surface area (Å²) in [5.74, 6) is -3.43. The molecule has 14 heavy (non-hydrogen) atoms. The first kappa shape index (κ1) is 14.4. The Labute approximate surface area is 79.8 Å². The summed E-state index contributed by atoms with van der Waals surface area (Å²) in [6, 6.07) is 0. The standard InChI is InChI=1S/C5H6O4.C3H4O2/c1-3(5(8)9)2-4(6)7;1-2-3(4)5/h2H,1H3,(H,6,7)(H,8,9);2H,1H2,(H,4,5)/b3-2-;. The van der Waals surface area contributed by atoms with Crippen LogP contribution in [0.5, 0.6) is 0 Å². The molecule has 0 bridgehead atoms. The smallest absolute Gasteiger partial charge is 0.331 e. The van der Waals surface area contributed by atoms with E-state index in [1.165, 1.54) is 6.92 Å². The molecule has 0 fully saturated rings. The van der Waals surface area contributed by atoms with Gasteiger partial charge < -0.3 is 15.3 Å². The minimum Gasteiger partial charge on any atom is -0.478 e. The second kappa shape index (κ2) is 7.53. The molecule has 3 N–H and O–H groups in total. The van der Waals surface area contributed by atoms with Crippen LogP contribution in [0.25, 0.3) is 0 Å². The highest BCUT2D eigenvalue weighted by atomic mass is 16.4. The molecule has 6 nitrogen and oxygen atoms in total. The number of carboxylic acid groups (broad SMARTS) is 3. The van der Waals surface area contributed by atoms with Crippen LogP contribution in [0.3, 0.4) is 0 Å². The number of carbonyl (C=O) groups is 3. The van der Waals surface area contributed by atoms with Crippen LogP contribution in [0.2, 0.25) is 0 Å². The van der Waals surface area contributed by atoms with E-state index in [0.29, 0.717) is 6.08 Å². The van der Waals surface area contributed by atoms with Crippen molar-refractivity contribution in [2.45, 2.75) is 6.92 Å². The van der Waals surface area contributed by atoms with Crippen LogP contribution in [0.1, 0.15) is 6.92 Å². The summed E-state index contributed by atoms with van der Waals surface area (Å²) in [5.41, 5.74) is -0.178. The molecule has 0 aliphatic rings. The molecule has 0 saturated heterocycles. The number of hydrogen-bond donors (Lipinski definition) is 3. The van der Waals surface area contributed by atoms with Crippen molar-refractivity contribution in [3.05, 3.63) is 24.3 Å². The maximum atomic E-state index is 9.90. The van der Waals surface area contributed by atoms with Gasteiger partial charge in [0.05, 0.1) is 0 Å². The molecule has 78 valence electrons. The Morgan fingerprint density at radius 3 is 1.50 bits per heavy atom. The molecule has 0 heterocycles. The van der Waals surface area contributed by atoms with E-state index in [2.05, 4.69) is 6.58 Å². The van der Waals surface area contributed by atoms with E-state index in [9.17, 15) is 14.4 Å². The Morgan fingerprint density at radius 1 is 1.07 bits per heavy atom. The third-order valence-electron chi connectivity index (χ3n) is 0.852. The van der Waals surface area contributed by atoms with Gasteiger partial charge in [-0.15, -0.1) is 0 Å². The van der Waals surface area contributed by atoms with Gasteiger partial charge in [0.1, 0.15) is 0 Å². The predicted octanol–water partition coefficient (Wildman–Crippen LogP) is 0.359. The summed E-state index contributed by atoms with van der Waals surface area (Å²) in [6.07, 6.45) is 1.47. The summed E-state index contributed by atoms with van der Waals surface area (Å²) >= 11 is 0. The fourth-order valence-corrected chi connectivity index (χ4v) is 0.247. The SMILES string of the molecule is C/C(=C/C(=O)O)C(=O)O.C=CC(=O)O. The zero-order valence-corrected chi connectivity index (χ0v) is 7.43. The molecular formula is C8H10O6. The van der Waals surface area contributed by atoms with E-state index in [1.54, 1.807) is 0 Å². The summed E-state index contributed by atoms with van der Waals surface area (Å²) < 4.78 is 0. The lowest BCUT2D eigenvalue weighted by Gasteiger charge is -1.86. The molecule has 0 atom stereocenters. The predicted molar refractivity (Wildman–Crippen MR) is 46.9 cm³/mol. The molecule has 0 amide bonds. The third-order valence-corrected chi connectivity index (χ3v) is 0.852. The van der Waals surface area contributed by atoms with Crippen LogP contribution in [0.15, 0.2) is 24.3 Å².